The lowest BCUT2D eigenvalue weighted by Gasteiger charge is -2.33. The van der Waals surface area contributed by atoms with E-state index in [9.17, 15) is 9.59 Å². The number of carbonyl (C=O) groups excluding carboxylic acids is 2. The number of H-pyrrole nitrogens is 1. The van der Waals surface area contributed by atoms with E-state index in [1.807, 2.05) is 0 Å². The molecule has 0 bridgehead atoms. The third-order valence-electron chi connectivity index (χ3n) is 3.69. The predicted octanol–water partition coefficient (Wildman–Crippen LogP) is -0.930. The highest BCUT2D eigenvalue weighted by atomic mass is 16.5. The van der Waals surface area contributed by atoms with Gasteiger partial charge < -0.3 is 15.0 Å². The van der Waals surface area contributed by atoms with E-state index in [2.05, 4.69) is 15.5 Å². The van der Waals surface area contributed by atoms with Gasteiger partial charge >= 0.3 is 0 Å². The summed E-state index contributed by atoms with van der Waals surface area (Å²) in [5, 5.41) is 9.41. The van der Waals surface area contributed by atoms with Gasteiger partial charge in [-0.05, 0) is 12.5 Å². The van der Waals surface area contributed by atoms with Crippen LogP contribution in [0.5, 0.6) is 0 Å². The van der Waals surface area contributed by atoms with Gasteiger partial charge in [-0.1, -0.05) is 0 Å². The summed E-state index contributed by atoms with van der Waals surface area (Å²) in [6, 6.07) is 1.79. The van der Waals surface area contributed by atoms with E-state index >= 15 is 0 Å². The molecule has 1 aromatic heterocycles. The fourth-order valence-corrected chi connectivity index (χ4v) is 2.56. The first-order chi connectivity index (χ1) is 9.17. The van der Waals surface area contributed by atoms with Gasteiger partial charge in [-0.15, -0.1) is 0 Å². The Morgan fingerprint density at radius 3 is 3.16 bits per heavy atom. The van der Waals surface area contributed by atoms with Crippen LogP contribution in [0.25, 0.3) is 0 Å². The molecule has 2 saturated heterocycles. The molecule has 3 rings (SSSR count). The molecule has 1 spiro atoms. The van der Waals surface area contributed by atoms with Crippen molar-refractivity contribution in [2.45, 2.75) is 18.4 Å². The van der Waals surface area contributed by atoms with Crippen molar-refractivity contribution >= 4 is 11.8 Å². The van der Waals surface area contributed by atoms with E-state index in [0.717, 1.165) is 12.1 Å². The third-order valence-corrected chi connectivity index (χ3v) is 3.69. The van der Waals surface area contributed by atoms with Gasteiger partial charge in [0.1, 0.15) is 12.2 Å². The molecule has 7 heteroatoms. The van der Waals surface area contributed by atoms with E-state index in [4.69, 9.17) is 4.74 Å². The summed E-state index contributed by atoms with van der Waals surface area (Å²) in [5.74, 6) is -0.0329. The van der Waals surface area contributed by atoms with E-state index in [1.54, 1.807) is 17.2 Å². The molecule has 2 N–H and O–H groups in total. The minimum Gasteiger partial charge on any atom is -0.361 e. The summed E-state index contributed by atoms with van der Waals surface area (Å²) in [7, 11) is 0. The van der Waals surface area contributed by atoms with Gasteiger partial charge in [0, 0.05) is 25.0 Å². The Bertz CT molecular complexity index is 475. The quantitative estimate of drug-likeness (QED) is 0.722. The number of ether oxygens (including phenoxy) is 1. The van der Waals surface area contributed by atoms with Crippen LogP contribution in [0.4, 0.5) is 0 Å². The first-order valence-electron chi connectivity index (χ1n) is 6.34. The molecule has 2 fully saturated rings. The predicted molar refractivity (Wildman–Crippen MR) is 65.2 cm³/mol. The van der Waals surface area contributed by atoms with Crippen LogP contribution in [0.15, 0.2) is 12.3 Å². The fraction of sp³-hybridized carbons (Fsp3) is 0.583. The van der Waals surface area contributed by atoms with Crippen LogP contribution in [0.1, 0.15) is 12.1 Å². The van der Waals surface area contributed by atoms with E-state index in [-0.39, 0.29) is 18.4 Å². The summed E-state index contributed by atoms with van der Waals surface area (Å²) in [6.07, 6.45) is 2.72. The van der Waals surface area contributed by atoms with E-state index < -0.39 is 5.60 Å². The Morgan fingerprint density at radius 2 is 2.47 bits per heavy atom. The topological polar surface area (TPSA) is 87.3 Å². The van der Waals surface area contributed by atoms with Crippen LogP contribution in [0, 0.1) is 0 Å². The van der Waals surface area contributed by atoms with Crippen molar-refractivity contribution in [2.75, 3.05) is 26.2 Å². The molecule has 2 aliphatic rings. The molecule has 0 saturated carbocycles. The maximum Gasteiger partial charge on any atom is 0.246 e. The minimum atomic E-state index is -0.391. The Kier molecular flexibility index (Phi) is 2.98. The van der Waals surface area contributed by atoms with Gasteiger partial charge in [0.15, 0.2) is 0 Å². The number of hydrogen-bond acceptors (Lipinski definition) is 4. The van der Waals surface area contributed by atoms with Crippen LogP contribution in [0.3, 0.4) is 0 Å². The fourth-order valence-electron chi connectivity index (χ4n) is 2.56. The molecule has 0 aromatic carbocycles. The number of morpholine rings is 1. The maximum atomic E-state index is 12.1. The lowest BCUT2D eigenvalue weighted by atomic mass is 10.0. The van der Waals surface area contributed by atoms with Gasteiger partial charge in [0.2, 0.25) is 11.8 Å². The number of nitrogens with zero attached hydrogens (tertiary/aromatic N) is 2. The highest BCUT2D eigenvalue weighted by molar-refractivity contribution is 5.79. The number of rotatable bonds is 2. The van der Waals surface area contributed by atoms with Gasteiger partial charge in [-0.2, -0.15) is 5.10 Å². The molecule has 7 nitrogen and oxygen atoms in total. The van der Waals surface area contributed by atoms with Crippen molar-refractivity contribution in [3.63, 3.8) is 0 Å². The van der Waals surface area contributed by atoms with Gasteiger partial charge in [0.05, 0.1) is 13.0 Å². The van der Waals surface area contributed by atoms with Gasteiger partial charge in [-0.25, -0.2) is 0 Å². The summed E-state index contributed by atoms with van der Waals surface area (Å²) < 4.78 is 5.63. The molecule has 3 heterocycles. The normalized spacial score (nSPS) is 26.7. The Morgan fingerprint density at radius 1 is 1.58 bits per heavy atom. The van der Waals surface area contributed by atoms with Crippen LogP contribution >= 0.6 is 0 Å². The van der Waals surface area contributed by atoms with Crippen LogP contribution < -0.4 is 5.32 Å². The summed E-state index contributed by atoms with van der Waals surface area (Å²) in [4.78, 5) is 25.0. The van der Waals surface area contributed by atoms with Crippen LogP contribution in [0.2, 0.25) is 0 Å². The Hall–Kier alpha value is -1.89. The first-order valence-corrected chi connectivity index (χ1v) is 6.34. The molecule has 19 heavy (non-hydrogen) atoms. The number of aromatic amines is 1. The smallest absolute Gasteiger partial charge is 0.246 e. The Balaban J connectivity index is 1.59. The number of likely N-dealkylation sites (tertiary alicyclic amines) is 1. The van der Waals surface area contributed by atoms with E-state index in [1.165, 1.54) is 0 Å². The van der Waals surface area contributed by atoms with Crippen molar-refractivity contribution in [2.24, 2.45) is 0 Å². The molecule has 102 valence electrons. The van der Waals surface area contributed by atoms with E-state index in [0.29, 0.717) is 26.1 Å². The molecule has 2 amide bonds. The Labute approximate surface area is 110 Å². The number of amides is 2. The van der Waals surface area contributed by atoms with Crippen molar-refractivity contribution in [3.8, 4) is 0 Å². The zero-order valence-electron chi connectivity index (χ0n) is 10.5. The second-order valence-corrected chi connectivity index (χ2v) is 5.07. The molecule has 1 atom stereocenters. The standard InChI is InChI=1S/C12H16N4O3/c17-10-6-19-12(7-13-10)2-4-16(8-12)11(18)5-9-1-3-14-15-9/h1,3H,2,4-8H2,(H,13,17)(H,14,15). The van der Waals surface area contributed by atoms with Crippen molar-refractivity contribution in [3.05, 3.63) is 18.0 Å². The lowest BCUT2D eigenvalue weighted by Crippen LogP contribution is -2.54. The minimum absolute atomic E-state index is 0.0571. The molecule has 0 radical (unpaired) electrons. The second kappa shape index (κ2) is 4.65. The van der Waals surface area contributed by atoms with Crippen LogP contribution in [-0.4, -0.2) is 58.8 Å². The van der Waals surface area contributed by atoms with Crippen LogP contribution in [-0.2, 0) is 20.7 Å². The summed E-state index contributed by atoms with van der Waals surface area (Å²) in [6.45, 7) is 1.78. The monoisotopic (exact) mass is 264 g/mol. The number of carbonyl (C=O) groups is 2. The molecule has 0 aliphatic carbocycles. The first kappa shape index (κ1) is 12.2. The van der Waals surface area contributed by atoms with Crippen molar-refractivity contribution in [1.29, 1.82) is 0 Å². The van der Waals surface area contributed by atoms with Crippen molar-refractivity contribution in [1.82, 2.24) is 20.4 Å². The summed E-state index contributed by atoms with van der Waals surface area (Å²) in [5.41, 5.74) is 0.418. The average Bonchev–Trinajstić information content (AvgIpc) is 3.04. The maximum absolute atomic E-state index is 12.1. The highest BCUT2D eigenvalue weighted by Gasteiger charge is 2.43. The average molecular weight is 264 g/mol. The van der Waals surface area contributed by atoms with Crippen molar-refractivity contribution < 1.29 is 14.3 Å². The number of hydrogen-bond donors (Lipinski definition) is 2. The number of nitrogens with one attached hydrogen (secondary N) is 2. The highest BCUT2D eigenvalue weighted by Crippen LogP contribution is 2.27. The molecule has 1 unspecified atom stereocenters. The zero-order chi connectivity index (χ0) is 13.3. The van der Waals surface area contributed by atoms with Gasteiger partial charge in [-0.3, -0.25) is 14.7 Å². The number of aromatic nitrogens is 2. The SMILES string of the molecule is O=C1COC2(CCN(C(=O)Cc3ccn[nH]3)C2)CN1. The largest absolute Gasteiger partial charge is 0.361 e. The second-order valence-electron chi connectivity index (χ2n) is 5.07. The zero-order valence-corrected chi connectivity index (χ0v) is 10.5. The van der Waals surface area contributed by atoms with Gasteiger partial charge in [0.25, 0.3) is 0 Å². The molecule has 1 aromatic rings. The molecule has 2 aliphatic heterocycles. The third kappa shape index (κ3) is 2.46. The molecular formula is C12H16N4O3. The lowest BCUT2D eigenvalue weighted by molar-refractivity contribution is -0.143. The molecular weight excluding hydrogens is 248 g/mol. The summed E-state index contributed by atoms with van der Waals surface area (Å²) >= 11 is 0.